The van der Waals surface area contributed by atoms with Crippen molar-refractivity contribution < 1.29 is 0 Å². The van der Waals surface area contributed by atoms with Gasteiger partial charge in [0, 0.05) is 12.6 Å². The maximum atomic E-state index is 3.82. The van der Waals surface area contributed by atoms with Gasteiger partial charge in [0.05, 0.1) is 6.20 Å². The maximum absolute atomic E-state index is 3.82. The summed E-state index contributed by atoms with van der Waals surface area (Å²) in [5.74, 6) is 0.965. The van der Waals surface area contributed by atoms with Gasteiger partial charge in [0.25, 0.3) is 0 Å². The van der Waals surface area contributed by atoms with Crippen molar-refractivity contribution in [1.29, 1.82) is 0 Å². The average molecular weight is 154 g/mol. The predicted molar refractivity (Wildman–Crippen MR) is 45.6 cm³/mol. The van der Waals surface area contributed by atoms with Gasteiger partial charge in [-0.2, -0.15) is 5.10 Å². The third-order valence-corrected chi connectivity index (χ3v) is 1.59. The largest absolute Gasteiger partial charge is 0.369 e. The van der Waals surface area contributed by atoms with Crippen LogP contribution < -0.4 is 10.6 Å². The lowest BCUT2D eigenvalue weighted by molar-refractivity contribution is 0.637. The van der Waals surface area contributed by atoms with Crippen LogP contribution in [0.4, 0.5) is 5.82 Å². The first-order valence-electron chi connectivity index (χ1n) is 3.73. The van der Waals surface area contributed by atoms with E-state index in [-0.39, 0.29) is 0 Å². The highest BCUT2D eigenvalue weighted by atomic mass is 15.2. The van der Waals surface area contributed by atoms with Crippen molar-refractivity contribution in [3.8, 4) is 0 Å². The van der Waals surface area contributed by atoms with Crippen molar-refractivity contribution in [1.82, 2.24) is 15.5 Å². The Morgan fingerprint density at radius 3 is 3.09 bits per heavy atom. The normalized spacial score (nSPS) is 12.9. The third kappa shape index (κ3) is 2.59. The van der Waals surface area contributed by atoms with E-state index in [1.54, 1.807) is 6.20 Å². The van der Waals surface area contributed by atoms with Gasteiger partial charge < -0.3 is 10.6 Å². The zero-order valence-electron chi connectivity index (χ0n) is 6.89. The van der Waals surface area contributed by atoms with Crippen molar-refractivity contribution in [3.05, 3.63) is 12.3 Å². The van der Waals surface area contributed by atoms with Crippen LogP contribution in [0.3, 0.4) is 0 Å². The molecule has 0 saturated heterocycles. The monoisotopic (exact) mass is 154 g/mol. The molecule has 62 valence electrons. The van der Waals surface area contributed by atoms with Gasteiger partial charge in [-0.05, 0) is 20.0 Å². The molecule has 1 aromatic heterocycles. The number of anilines is 1. The summed E-state index contributed by atoms with van der Waals surface area (Å²) in [4.78, 5) is 0. The molecule has 0 aliphatic carbocycles. The molecule has 0 spiro atoms. The SMILES string of the molecule is CNC(C)CNc1ccn[nH]1. The van der Waals surface area contributed by atoms with Gasteiger partial charge in [-0.3, -0.25) is 5.10 Å². The quantitative estimate of drug-likeness (QED) is 0.589. The lowest BCUT2D eigenvalue weighted by Gasteiger charge is -2.10. The number of nitrogens with zero attached hydrogens (tertiary/aromatic N) is 1. The van der Waals surface area contributed by atoms with Crippen molar-refractivity contribution in [2.24, 2.45) is 0 Å². The minimum Gasteiger partial charge on any atom is -0.369 e. The van der Waals surface area contributed by atoms with Crippen LogP contribution in [0.2, 0.25) is 0 Å². The Kier molecular flexibility index (Phi) is 2.92. The van der Waals surface area contributed by atoms with Crippen molar-refractivity contribution in [2.75, 3.05) is 18.9 Å². The van der Waals surface area contributed by atoms with E-state index in [1.165, 1.54) is 0 Å². The fraction of sp³-hybridized carbons (Fsp3) is 0.571. The number of rotatable bonds is 4. The minimum atomic E-state index is 0.471. The molecule has 0 saturated carbocycles. The first-order valence-corrected chi connectivity index (χ1v) is 3.73. The standard InChI is InChI=1S/C7H14N4/c1-6(8-2)5-9-7-3-4-10-11-7/h3-4,6,8H,5H2,1-2H3,(H2,9,10,11). The maximum Gasteiger partial charge on any atom is 0.121 e. The number of likely N-dealkylation sites (N-methyl/N-ethyl adjacent to an activating group) is 1. The van der Waals surface area contributed by atoms with E-state index in [4.69, 9.17) is 0 Å². The molecule has 4 nitrogen and oxygen atoms in total. The van der Waals surface area contributed by atoms with Crippen LogP contribution in [-0.4, -0.2) is 29.8 Å². The third-order valence-electron chi connectivity index (χ3n) is 1.59. The second kappa shape index (κ2) is 3.98. The van der Waals surface area contributed by atoms with Crippen molar-refractivity contribution >= 4 is 5.82 Å². The summed E-state index contributed by atoms with van der Waals surface area (Å²) in [5.41, 5.74) is 0. The summed E-state index contributed by atoms with van der Waals surface area (Å²) < 4.78 is 0. The number of nitrogens with one attached hydrogen (secondary N) is 3. The molecule has 11 heavy (non-hydrogen) atoms. The Bertz CT molecular complexity index is 182. The molecule has 0 aliphatic heterocycles. The molecule has 0 radical (unpaired) electrons. The Hall–Kier alpha value is -1.03. The van der Waals surface area contributed by atoms with Crippen molar-refractivity contribution in [3.63, 3.8) is 0 Å². The Labute approximate surface area is 66.4 Å². The first-order chi connectivity index (χ1) is 5.33. The predicted octanol–water partition coefficient (Wildman–Crippen LogP) is 0.429. The Morgan fingerprint density at radius 2 is 2.55 bits per heavy atom. The van der Waals surface area contributed by atoms with Gasteiger partial charge in [-0.25, -0.2) is 0 Å². The highest BCUT2D eigenvalue weighted by Crippen LogP contribution is 1.97. The lowest BCUT2D eigenvalue weighted by atomic mass is 10.3. The molecule has 4 heteroatoms. The van der Waals surface area contributed by atoms with Gasteiger partial charge >= 0.3 is 0 Å². The van der Waals surface area contributed by atoms with E-state index in [0.29, 0.717) is 6.04 Å². The summed E-state index contributed by atoms with van der Waals surface area (Å²) in [7, 11) is 1.94. The molecule has 0 aliphatic rings. The fourth-order valence-electron chi connectivity index (χ4n) is 0.719. The first kappa shape index (κ1) is 8.07. The number of H-pyrrole nitrogens is 1. The van der Waals surface area contributed by atoms with Crippen LogP contribution in [0.15, 0.2) is 12.3 Å². The van der Waals surface area contributed by atoms with Crippen LogP contribution in [0.5, 0.6) is 0 Å². The summed E-state index contributed by atoms with van der Waals surface area (Å²) in [6.45, 7) is 3.02. The number of hydrogen-bond acceptors (Lipinski definition) is 3. The molecule has 3 N–H and O–H groups in total. The fourth-order valence-corrected chi connectivity index (χ4v) is 0.719. The highest BCUT2D eigenvalue weighted by Gasteiger charge is 1.96. The van der Waals surface area contributed by atoms with Gasteiger partial charge in [0.1, 0.15) is 5.82 Å². The van der Waals surface area contributed by atoms with E-state index in [9.17, 15) is 0 Å². The zero-order chi connectivity index (χ0) is 8.10. The Morgan fingerprint density at radius 1 is 1.73 bits per heavy atom. The Balaban J connectivity index is 2.23. The average Bonchev–Trinajstić information content (AvgIpc) is 2.52. The van der Waals surface area contributed by atoms with Crippen LogP contribution in [0, 0.1) is 0 Å². The topological polar surface area (TPSA) is 52.7 Å². The zero-order valence-corrected chi connectivity index (χ0v) is 6.89. The molecule has 1 aromatic rings. The number of aromatic amines is 1. The second-order valence-electron chi connectivity index (χ2n) is 2.54. The molecule has 0 fully saturated rings. The number of hydrogen-bond donors (Lipinski definition) is 3. The second-order valence-corrected chi connectivity index (χ2v) is 2.54. The van der Waals surface area contributed by atoms with E-state index in [2.05, 4.69) is 27.8 Å². The lowest BCUT2D eigenvalue weighted by Crippen LogP contribution is -2.29. The van der Waals surface area contributed by atoms with Crippen LogP contribution >= 0.6 is 0 Å². The summed E-state index contributed by atoms with van der Waals surface area (Å²) in [5, 5.41) is 13.0. The molecule has 1 rings (SSSR count). The van der Waals surface area contributed by atoms with E-state index in [1.807, 2.05) is 13.1 Å². The van der Waals surface area contributed by atoms with Gasteiger partial charge in [-0.15, -0.1) is 0 Å². The van der Waals surface area contributed by atoms with Crippen LogP contribution in [0.25, 0.3) is 0 Å². The number of aromatic nitrogens is 2. The molecule has 1 heterocycles. The van der Waals surface area contributed by atoms with E-state index >= 15 is 0 Å². The molecule has 0 aromatic carbocycles. The van der Waals surface area contributed by atoms with Crippen molar-refractivity contribution in [2.45, 2.75) is 13.0 Å². The molecule has 0 bridgehead atoms. The molecule has 0 amide bonds. The summed E-state index contributed by atoms with van der Waals surface area (Å²) in [6.07, 6.45) is 1.73. The smallest absolute Gasteiger partial charge is 0.121 e. The van der Waals surface area contributed by atoms with Gasteiger partial charge in [-0.1, -0.05) is 0 Å². The van der Waals surface area contributed by atoms with E-state index < -0.39 is 0 Å². The van der Waals surface area contributed by atoms with Gasteiger partial charge in [0.15, 0.2) is 0 Å². The molecule has 1 atom stereocenters. The molecular weight excluding hydrogens is 140 g/mol. The van der Waals surface area contributed by atoms with Crippen LogP contribution in [-0.2, 0) is 0 Å². The van der Waals surface area contributed by atoms with Gasteiger partial charge in [0.2, 0.25) is 0 Å². The summed E-state index contributed by atoms with van der Waals surface area (Å²) >= 11 is 0. The molecular formula is C7H14N4. The highest BCUT2D eigenvalue weighted by molar-refractivity contribution is 5.31. The summed E-state index contributed by atoms with van der Waals surface area (Å²) in [6, 6.07) is 2.38. The molecule has 1 unspecified atom stereocenters. The van der Waals surface area contributed by atoms with E-state index in [0.717, 1.165) is 12.4 Å². The van der Waals surface area contributed by atoms with Crippen LogP contribution in [0.1, 0.15) is 6.92 Å². The minimum absolute atomic E-state index is 0.471.